The monoisotopic (exact) mass is 196 g/mol. The molecule has 1 fully saturated rings. The van der Waals surface area contributed by atoms with Gasteiger partial charge in [-0.25, -0.2) is 0 Å². The molecule has 0 atom stereocenters. The molecular weight excluding hydrogens is 184 g/mol. The Morgan fingerprint density at radius 3 is 2.62 bits per heavy atom. The number of benzene rings is 1. The molecule has 0 bridgehead atoms. The van der Waals surface area contributed by atoms with Crippen molar-refractivity contribution >= 4 is 12.6 Å². The first-order chi connectivity index (χ1) is 6.21. The Bertz CT molecular complexity index is 306. The Labute approximate surface area is 83.3 Å². The van der Waals surface area contributed by atoms with Gasteiger partial charge in [0.1, 0.15) is 0 Å². The molecule has 1 aliphatic rings. The molecule has 1 aromatic carbocycles. The van der Waals surface area contributed by atoms with Crippen LogP contribution in [0.15, 0.2) is 24.3 Å². The van der Waals surface area contributed by atoms with Crippen molar-refractivity contribution in [2.24, 2.45) is 0 Å². The van der Waals surface area contributed by atoms with Crippen LogP contribution in [0.2, 0.25) is 0 Å². The molecule has 0 aliphatic carbocycles. The minimum absolute atomic E-state index is 0.609. The average molecular weight is 196 g/mol. The largest absolute Gasteiger partial charge is 0.335 e. The molecule has 13 heavy (non-hydrogen) atoms. The minimum Gasteiger partial charge on any atom is -0.335 e. The molecule has 2 nitrogen and oxygen atoms in total. The predicted molar refractivity (Wildman–Crippen MR) is 53.7 cm³/mol. The van der Waals surface area contributed by atoms with Gasteiger partial charge in [0, 0.05) is 5.56 Å². The van der Waals surface area contributed by atoms with Crippen LogP contribution in [-0.2, 0) is 14.6 Å². The molecule has 0 aromatic heterocycles. The summed E-state index contributed by atoms with van der Waals surface area (Å²) in [5.74, 6) is 0. The predicted octanol–water partition coefficient (Wildman–Crippen LogP) is 2.08. The van der Waals surface area contributed by atoms with Crippen LogP contribution in [0.25, 0.3) is 0 Å². The second-order valence-electron chi connectivity index (χ2n) is 3.15. The Kier molecular flexibility index (Phi) is 2.32. The molecule has 0 radical (unpaired) electrons. The Balaban J connectivity index is 2.33. The molecule has 3 heteroatoms. The molecule has 1 heterocycles. The first-order valence-corrected chi connectivity index (χ1v) is 4.73. The van der Waals surface area contributed by atoms with Crippen molar-refractivity contribution in [1.82, 2.24) is 0 Å². The fraction of sp³-hybridized carbons (Fsp3) is 0.400. The maximum absolute atomic E-state index is 5.42. The molecule has 0 unspecified atom stereocenters. The minimum atomic E-state index is -0.827. The maximum atomic E-state index is 5.42. The van der Waals surface area contributed by atoms with Gasteiger partial charge >= 0.3 is 0 Å². The maximum Gasteiger partial charge on any atom is 0.243 e. The highest BCUT2D eigenvalue weighted by Gasteiger charge is 2.34. The molecule has 0 amide bonds. The summed E-state index contributed by atoms with van der Waals surface area (Å²) in [4.78, 5) is 0. The number of ether oxygens (including phenoxy) is 2. The number of aryl methyl sites for hydroxylation is 1. The van der Waals surface area contributed by atoms with Crippen molar-refractivity contribution in [2.75, 3.05) is 13.2 Å². The van der Waals surface area contributed by atoms with E-state index in [1.54, 1.807) is 0 Å². The van der Waals surface area contributed by atoms with Gasteiger partial charge in [0.2, 0.25) is 5.12 Å². The van der Waals surface area contributed by atoms with Crippen LogP contribution in [0, 0.1) is 6.92 Å². The normalized spacial score (nSPS) is 20.5. The smallest absolute Gasteiger partial charge is 0.243 e. The third-order valence-electron chi connectivity index (χ3n) is 2.06. The summed E-state index contributed by atoms with van der Waals surface area (Å²) >= 11 is 4.37. The highest BCUT2D eigenvalue weighted by Crippen LogP contribution is 2.35. The van der Waals surface area contributed by atoms with Crippen LogP contribution >= 0.6 is 12.6 Å². The second-order valence-corrected chi connectivity index (χ2v) is 3.74. The molecule has 2 rings (SSSR count). The topological polar surface area (TPSA) is 18.5 Å². The lowest BCUT2D eigenvalue weighted by Crippen LogP contribution is -2.19. The van der Waals surface area contributed by atoms with E-state index >= 15 is 0 Å². The summed E-state index contributed by atoms with van der Waals surface area (Å²) in [6.45, 7) is 3.25. The molecule has 70 valence electrons. The summed E-state index contributed by atoms with van der Waals surface area (Å²) in [5.41, 5.74) is 2.15. The van der Waals surface area contributed by atoms with E-state index in [1.807, 2.05) is 31.2 Å². The number of hydrogen-bond donors (Lipinski definition) is 1. The molecular formula is C10H12O2S. The van der Waals surface area contributed by atoms with Gasteiger partial charge in [0.15, 0.2) is 0 Å². The van der Waals surface area contributed by atoms with Gasteiger partial charge in [-0.05, 0) is 13.0 Å². The zero-order valence-electron chi connectivity index (χ0n) is 7.49. The second kappa shape index (κ2) is 3.33. The van der Waals surface area contributed by atoms with Crippen LogP contribution in [0.3, 0.4) is 0 Å². The summed E-state index contributed by atoms with van der Waals surface area (Å²) in [6.07, 6.45) is 0. The molecule has 0 N–H and O–H groups in total. The summed E-state index contributed by atoms with van der Waals surface area (Å²) in [5, 5.41) is -0.827. The number of thiol groups is 1. The van der Waals surface area contributed by atoms with Crippen molar-refractivity contribution in [3.8, 4) is 0 Å². The summed E-state index contributed by atoms with van der Waals surface area (Å²) < 4.78 is 10.8. The van der Waals surface area contributed by atoms with Crippen molar-refractivity contribution in [2.45, 2.75) is 12.0 Å². The SMILES string of the molecule is Cc1cccc(C2(S)OCCO2)c1. The zero-order valence-corrected chi connectivity index (χ0v) is 8.38. The van der Waals surface area contributed by atoms with E-state index in [4.69, 9.17) is 9.47 Å². The van der Waals surface area contributed by atoms with Crippen LogP contribution in [0.4, 0.5) is 0 Å². The Hall–Kier alpha value is -0.510. The summed E-state index contributed by atoms with van der Waals surface area (Å²) in [7, 11) is 0. The first-order valence-electron chi connectivity index (χ1n) is 4.28. The van der Waals surface area contributed by atoms with Gasteiger partial charge in [-0.2, -0.15) is 0 Å². The van der Waals surface area contributed by atoms with E-state index in [1.165, 1.54) is 5.56 Å². The fourth-order valence-corrected chi connectivity index (χ4v) is 1.73. The van der Waals surface area contributed by atoms with Gasteiger partial charge in [0.25, 0.3) is 0 Å². The van der Waals surface area contributed by atoms with E-state index in [-0.39, 0.29) is 0 Å². The van der Waals surface area contributed by atoms with Gasteiger partial charge in [-0.1, -0.05) is 23.8 Å². The highest BCUT2D eigenvalue weighted by atomic mass is 32.1. The summed E-state index contributed by atoms with van der Waals surface area (Å²) in [6, 6.07) is 8.01. The molecule has 0 spiro atoms. The van der Waals surface area contributed by atoms with E-state index < -0.39 is 5.12 Å². The number of hydrogen-bond acceptors (Lipinski definition) is 3. The molecule has 1 aromatic rings. The third kappa shape index (κ3) is 1.73. The van der Waals surface area contributed by atoms with Crippen molar-refractivity contribution < 1.29 is 9.47 Å². The van der Waals surface area contributed by atoms with Crippen LogP contribution < -0.4 is 0 Å². The number of rotatable bonds is 1. The van der Waals surface area contributed by atoms with Gasteiger partial charge < -0.3 is 9.47 Å². The van der Waals surface area contributed by atoms with Crippen LogP contribution in [0.5, 0.6) is 0 Å². The third-order valence-corrected chi connectivity index (χ3v) is 2.58. The van der Waals surface area contributed by atoms with E-state index in [0.717, 1.165) is 5.56 Å². The molecule has 1 aliphatic heterocycles. The van der Waals surface area contributed by atoms with Gasteiger partial charge in [0.05, 0.1) is 13.2 Å². The van der Waals surface area contributed by atoms with Gasteiger partial charge in [-0.15, -0.1) is 12.6 Å². The lowest BCUT2D eigenvalue weighted by atomic mass is 10.1. The first kappa shape index (κ1) is 9.06. The van der Waals surface area contributed by atoms with Crippen LogP contribution in [0.1, 0.15) is 11.1 Å². The Morgan fingerprint density at radius 1 is 1.31 bits per heavy atom. The van der Waals surface area contributed by atoms with E-state index in [9.17, 15) is 0 Å². The lowest BCUT2D eigenvalue weighted by molar-refractivity contribution is -0.0795. The Morgan fingerprint density at radius 2 is 2.00 bits per heavy atom. The van der Waals surface area contributed by atoms with E-state index in [0.29, 0.717) is 13.2 Å². The van der Waals surface area contributed by atoms with Crippen molar-refractivity contribution in [3.63, 3.8) is 0 Å². The van der Waals surface area contributed by atoms with Gasteiger partial charge in [-0.3, -0.25) is 0 Å². The van der Waals surface area contributed by atoms with E-state index in [2.05, 4.69) is 12.6 Å². The lowest BCUT2D eigenvalue weighted by Gasteiger charge is -2.21. The average Bonchev–Trinajstić information content (AvgIpc) is 2.54. The van der Waals surface area contributed by atoms with Crippen molar-refractivity contribution in [1.29, 1.82) is 0 Å². The van der Waals surface area contributed by atoms with Crippen molar-refractivity contribution in [3.05, 3.63) is 35.4 Å². The highest BCUT2D eigenvalue weighted by molar-refractivity contribution is 7.81. The standard InChI is InChI=1S/C10H12O2S/c1-8-3-2-4-9(7-8)10(13)11-5-6-12-10/h2-4,7,13H,5-6H2,1H3. The zero-order chi connectivity index (χ0) is 9.31. The molecule has 1 saturated heterocycles. The molecule has 0 saturated carbocycles. The quantitative estimate of drug-likeness (QED) is 0.693. The fourth-order valence-electron chi connectivity index (χ4n) is 1.41. The van der Waals surface area contributed by atoms with Crippen LogP contribution in [-0.4, -0.2) is 13.2 Å².